The van der Waals surface area contributed by atoms with Gasteiger partial charge >= 0.3 is 0 Å². The van der Waals surface area contributed by atoms with Crippen LogP contribution in [0.1, 0.15) is 26.3 Å². The first-order valence-electron chi connectivity index (χ1n) is 6.18. The molecule has 4 nitrogen and oxygen atoms in total. The number of rotatable bonds is 4. The van der Waals surface area contributed by atoms with E-state index in [4.69, 9.17) is 0 Å². The van der Waals surface area contributed by atoms with Crippen LogP contribution in [0, 0.1) is 5.41 Å². The molecule has 0 fully saturated rings. The molecule has 0 aromatic heterocycles. The lowest BCUT2D eigenvalue weighted by molar-refractivity contribution is -0.128. The molecular formula is C14H21NO3S. The quantitative estimate of drug-likeness (QED) is 0.916. The fourth-order valence-electron chi connectivity index (χ4n) is 1.49. The van der Waals surface area contributed by atoms with Crippen LogP contribution in [0.4, 0.5) is 0 Å². The number of benzene rings is 1. The fraction of sp³-hybridized carbons (Fsp3) is 0.500. The molecule has 1 rings (SSSR count). The van der Waals surface area contributed by atoms with Crippen LogP contribution in [0.3, 0.4) is 0 Å². The summed E-state index contributed by atoms with van der Waals surface area (Å²) in [5.41, 5.74) is 0.613. The van der Waals surface area contributed by atoms with Crippen LogP contribution in [-0.2, 0) is 21.1 Å². The van der Waals surface area contributed by atoms with E-state index < -0.39 is 9.84 Å². The van der Waals surface area contributed by atoms with Crippen molar-refractivity contribution in [3.05, 3.63) is 29.8 Å². The Hall–Kier alpha value is -1.36. The summed E-state index contributed by atoms with van der Waals surface area (Å²) in [5.74, 6) is 0.0141. The minimum Gasteiger partial charge on any atom is -0.355 e. The highest BCUT2D eigenvalue weighted by molar-refractivity contribution is 7.90. The summed E-state index contributed by atoms with van der Waals surface area (Å²) in [7, 11) is -3.14. The average molecular weight is 283 g/mol. The van der Waals surface area contributed by atoms with Crippen molar-refractivity contribution in [2.24, 2.45) is 5.41 Å². The zero-order valence-corrected chi connectivity index (χ0v) is 12.7. The predicted octanol–water partition coefficient (Wildman–Crippen LogP) is 1.79. The zero-order chi connectivity index (χ0) is 14.7. The van der Waals surface area contributed by atoms with Crippen molar-refractivity contribution in [3.8, 4) is 0 Å². The van der Waals surface area contributed by atoms with Crippen molar-refractivity contribution >= 4 is 15.7 Å². The second-order valence-electron chi connectivity index (χ2n) is 5.67. The molecule has 0 unspecified atom stereocenters. The van der Waals surface area contributed by atoms with Gasteiger partial charge in [-0.05, 0) is 24.1 Å². The molecule has 0 aliphatic rings. The Kier molecular flexibility index (Phi) is 4.74. The van der Waals surface area contributed by atoms with Crippen molar-refractivity contribution in [2.75, 3.05) is 12.8 Å². The van der Waals surface area contributed by atoms with E-state index in [9.17, 15) is 13.2 Å². The minimum absolute atomic E-state index is 0.0141. The van der Waals surface area contributed by atoms with Crippen LogP contribution >= 0.6 is 0 Å². The van der Waals surface area contributed by atoms with Gasteiger partial charge in [-0.15, -0.1) is 0 Å². The maximum Gasteiger partial charge on any atom is 0.225 e. The Morgan fingerprint density at radius 2 is 1.68 bits per heavy atom. The fourth-order valence-corrected chi connectivity index (χ4v) is 2.12. The molecule has 0 radical (unpaired) electrons. The van der Waals surface area contributed by atoms with E-state index in [0.29, 0.717) is 17.9 Å². The molecule has 0 saturated heterocycles. The van der Waals surface area contributed by atoms with Crippen LogP contribution in [-0.4, -0.2) is 27.1 Å². The van der Waals surface area contributed by atoms with Crippen LogP contribution in [0.2, 0.25) is 0 Å². The number of nitrogens with one attached hydrogen (secondary N) is 1. The van der Waals surface area contributed by atoms with E-state index >= 15 is 0 Å². The molecule has 1 aromatic carbocycles. The maximum absolute atomic E-state index is 11.6. The molecule has 0 heterocycles. The summed E-state index contributed by atoms with van der Waals surface area (Å²) in [6.07, 6.45) is 1.87. The van der Waals surface area contributed by atoms with Gasteiger partial charge < -0.3 is 5.32 Å². The van der Waals surface area contributed by atoms with Crippen molar-refractivity contribution in [2.45, 2.75) is 32.1 Å². The third-order valence-electron chi connectivity index (χ3n) is 2.73. The third kappa shape index (κ3) is 5.03. The minimum atomic E-state index is -3.14. The van der Waals surface area contributed by atoms with E-state index in [1.807, 2.05) is 20.8 Å². The molecule has 106 valence electrons. The summed E-state index contributed by atoms with van der Waals surface area (Å²) in [4.78, 5) is 12.0. The Balaban J connectivity index is 2.54. The summed E-state index contributed by atoms with van der Waals surface area (Å²) in [6.45, 7) is 6.14. The highest BCUT2D eigenvalue weighted by Gasteiger charge is 2.20. The van der Waals surface area contributed by atoms with Gasteiger partial charge in [0.15, 0.2) is 9.84 Å². The molecule has 19 heavy (non-hydrogen) atoms. The van der Waals surface area contributed by atoms with Gasteiger partial charge in [-0.1, -0.05) is 32.9 Å². The van der Waals surface area contributed by atoms with E-state index in [1.54, 1.807) is 24.3 Å². The number of carbonyl (C=O) groups is 1. The zero-order valence-electron chi connectivity index (χ0n) is 11.9. The predicted molar refractivity (Wildman–Crippen MR) is 75.7 cm³/mol. The molecule has 0 spiro atoms. The number of amides is 1. The summed E-state index contributed by atoms with van der Waals surface area (Å²) in [5, 5.41) is 2.86. The van der Waals surface area contributed by atoms with Gasteiger partial charge in [-0.2, -0.15) is 0 Å². The second-order valence-corrected chi connectivity index (χ2v) is 7.69. The number of hydrogen-bond donors (Lipinski definition) is 1. The molecule has 0 bridgehead atoms. The third-order valence-corrected chi connectivity index (χ3v) is 3.86. The lowest BCUT2D eigenvalue weighted by atomic mass is 9.95. The standard InChI is InChI=1S/C14H21NO3S/c1-14(2,3)13(16)15-10-9-11-5-7-12(8-6-11)19(4,17)18/h5-8H,9-10H2,1-4H3,(H,15,16). The Morgan fingerprint density at radius 1 is 1.16 bits per heavy atom. The highest BCUT2D eigenvalue weighted by Crippen LogP contribution is 2.13. The smallest absolute Gasteiger partial charge is 0.225 e. The first-order chi connectivity index (χ1) is 8.60. The molecule has 5 heteroatoms. The van der Waals surface area contributed by atoms with E-state index in [2.05, 4.69) is 5.32 Å². The Bertz CT molecular complexity index is 539. The monoisotopic (exact) mass is 283 g/mol. The van der Waals surface area contributed by atoms with Gasteiger partial charge in [0, 0.05) is 18.2 Å². The summed E-state index contributed by atoms with van der Waals surface area (Å²) >= 11 is 0. The molecule has 0 aliphatic carbocycles. The van der Waals surface area contributed by atoms with Gasteiger partial charge in [0.1, 0.15) is 0 Å². The number of carbonyl (C=O) groups excluding carboxylic acids is 1. The lowest BCUT2D eigenvalue weighted by Gasteiger charge is -2.17. The van der Waals surface area contributed by atoms with Crippen molar-refractivity contribution in [1.29, 1.82) is 0 Å². The number of hydrogen-bond acceptors (Lipinski definition) is 3. The Labute approximate surface area is 115 Å². The molecule has 0 atom stereocenters. The van der Waals surface area contributed by atoms with Crippen molar-refractivity contribution in [3.63, 3.8) is 0 Å². The van der Waals surface area contributed by atoms with E-state index in [0.717, 1.165) is 5.56 Å². The topological polar surface area (TPSA) is 63.2 Å². The molecule has 1 N–H and O–H groups in total. The van der Waals surface area contributed by atoms with Gasteiger partial charge in [-0.3, -0.25) is 4.79 Å². The van der Waals surface area contributed by atoms with Crippen molar-refractivity contribution in [1.82, 2.24) is 5.32 Å². The van der Waals surface area contributed by atoms with Crippen LogP contribution in [0.5, 0.6) is 0 Å². The highest BCUT2D eigenvalue weighted by atomic mass is 32.2. The van der Waals surface area contributed by atoms with Gasteiger partial charge in [-0.25, -0.2) is 8.42 Å². The Morgan fingerprint density at radius 3 is 2.11 bits per heavy atom. The summed E-state index contributed by atoms with van der Waals surface area (Å²) in [6, 6.07) is 6.74. The SMILES string of the molecule is CC(C)(C)C(=O)NCCc1ccc(S(C)(=O)=O)cc1. The van der Waals surface area contributed by atoms with Gasteiger partial charge in [0.25, 0.3) is 0 Å². The number of sulfone groups is 1. The molecule has 1 aromatic rings. The second kappa shape index (κ2) is 5.74. The first-order valence-corrected chi connectivity index (χ1v) is 8.07. The van der Waals surface area contributed by atoms with Crippen molar-refractivity contribution < 1.29 is 13.2 Å². The van der Waals surface area contributed by atoms with E-state index in [-0.39, 0.29) is 11.3 Å². The van der Waals surface area contributed by atoms with E-state index in [1.165, 1.54) is 6.26 Å². The molecule has 0 saturated carbocycles. The van der Waals surface area contributed by atoms with Crippen LogP contribution in [0.25, 0.3) is 0 Å². The van der Waals surface area contributed by atoms with Crippen LogP contribution in [0.15, 0.2) is 29.2 Å². The molecule has 1 amide bonds. The van der Waals surface area contributed by atoms with Gasteiger partial charge in [0.2, 0.25) is 5.91 Å². The largest absolute Gasteiger partial charge is 0.355 e. The summed E-state index contributed by atoms with van der Waals surface area (Å²) < 4.78 is 22.6. The van der Waals surface area contributed by atoms with Gasteiger partial charge in [0.05, 0.1) is 4.90 Å². The van der Waals surface area contributed by atoms with Crippen LogP contribution < -0.4 is 5.32 Å². The average Bonchev–Trinajstić information content (AvgIpc) is 2.27. The molecule has 0 aliphatic heterocycles. The lowest BCUT2D eigenvalue weighted by Crippen LogP contribution is -2.35. The maximum atomic E-state index is 11.6. The molecular weight excluding hydrogens is 262 g/mol. The first kappa shape index (κ1) is 15.7. The normalized spacial score (nSPS) is 12.2.